The first-order valence-electron chi connectivity index (χ1n) is 6.55. The standard InChI is InChI=1S/C16H14BrClN2O3/c1-22-14-7-11(13(18)8-15(14)23-2)9-19-20-16(21)10-4-3-5-12(17)6-10/h3-9H,1-2H3,(H,20,21)/b19-9+. The second-order valence-corrected chi connectivity index (χ2v) is 5.76. The van der Waals surface area contributed by atoms with Crippen LogP contribution in [0.15, 0.2) is 46.0 Å². The number of hydrogen-bond donors (Lipinski definition) is 1. The molecule has 0 saturated heterocycles. The van der Waals surface area contributed by atoms with Gasteiger partial charge < -0.3 is 9.47 Å². The van der Waals surface area contributed by atoms with Gasteiger partial charge in [-0.2, -0.15) is 5.10 Å². The summed E-state index contributed by atoms with van der Waals surface area (Å²) in [5.41, 5.74) is 3.54. The van der Waals surface area contributed by atoms with Crippen LogP contribution in [0.1, 0.15) is 15.9 Å². The highest BCUT2D eigenvalue weighted by Crippen LogP contribution is 2.32. The van der Waals surface area contributed by atoms with E-state index < -0.39 is 0 Å². The maximum absolute atomic E-state index is 12.0. The molecule has 0 atom stereocenters. The fourth-order valence-corrected chi connectivity index (χ4v) is 2.43. The number of carbonyl (C=O) groups excluding carboxylic acids is 1. The van der Waals surface area contributed by atoms with E-state index >= 15 is 0 Å². The maximum atomic E-state index is 12.0. The lowest BCUT2D eigenvalue weighted by Crippen LogP contribution is -2.17. The summed E-state index contributed by atoms with van der Waals surface area (Å²) in [7, 11) is 3.06. The van der Waals surface area contributed by atoms with Crippen molar-refractivity contribution in [3.05, 3.63) is 57.0 Å². The van der Waals surface area contributed by atoms with E-state index in [4.69, 9.17) is 21.1 Å². The summed E-state index contributed by atoms with van der Waals surface area (Å²) >= 11 is 9.46. The summed E-state index contributed by atoms with van der Waals surface area (Å²) in [6, 6.07) is 10.3. The van der Waals surface area contributed by atoms with Crippen LogP contribution in [0.25, 0.3) is 0 Å². The molecule has 0 aliphatic rings. The second-order valence-electron chi connectivity index (χ2n) is 4.44. The molecule has 1 amide bonds. The minimum absolute atomic E-state index is 0.320. The van der Waals surface area contributed by atoms with Crippen LogP contribution in [-0.2, 0) is 0 Å². The van der Waals surface area contributed by atoms with Crippen LogP contribution in [0.4, 0.5) is 0 Å². The van der Waals surface area contributed by atoms with Crippen molar-refractivity contribution in [3.63, 3.8) is 0 Å². The number of nitrogens with zero attached hydrogens (tertiary/aromatic N) is 1. The molecule has 2 aromatic carbocycles. The van der Waals surface area contributed by atoms with Gasteiger partial charge in [-0.25, -0.2) is 5.43 Å². The number of rotatable bonds is 5. The average molecular weight is 398 g/mol. The van der Waals surface area contributed by atoms with Gasteiger partial charge in [-0.1, -0.05) is 33.6 Å². The molecule has 2 rings (SSSR count). The third kappa shape index (κ3) is 4.46. The molecule has 0 heterocycles. The lowest BCUT2D eigenvalue weighted by atomic mass is 10.2. The molecule has 120 valence electrons. The molecule has 2 aromatic rings. The van der Waals surface area contributed by atoms with Gasteiger partial charge in [0.15, 0.2) is 11.5 Å². The molecule has 23 heavy (non-hydrogen) atoms. The zero-order chi connectivity index (χ0) is 16.8. The number of ether oxygens (including phenoxy) is 2. The van der Waals surface area contributed by atoms with Crippen molar-refractivity contribution in [1.82, 2.24) is 5.43 Å². The van der Waals surface area contributed by atoms with Crippen LogP contribution in [0.3, 0.4) is 0 Å². The zero-order valence-corrected chi connectivity index (χ0v) is 14.8. The quantitative estimate of drug-likeness (QED) is 0.615. The third-order valence-electron chi connectivity index (χ3n) is 2.96. The van der Waals surface area contributed by atoms with Crippen molar-refractivity contribution in [2.75, 3.05) is 14.2 Å². The molecule has 1 N–H and O–H groups in total. The number of amides is 1. The van der Waals surface area contributed by atoms with Crippen molar-refractivity contribution < 1.29 is 14.3 Å². The van der Waals surface area contributed by atoms with Crippen LogP contribution in [0, 0.1) is 0 Å². The summed E-state index contributed by atoms with van der Waals surface area (Å²) in [5.74, 6) is 0.726. The van der Waals surface area contributed by atoms with Gasteiger partial charge in [0.2, 0.25) is 0 Å². The molecule has 0 fully saturated rings. The van der Waals surface area contributed by atoms with Gasteiger partial charge >= 0.3 is 0 Å². The van der Waals surface area contributed by atoms with Crippen LogP contribution in [-0.4, -0.2) is 26.3 Å². The fourth-order valence-electron chi connectivity index (χ4n) is 1.82. The Labute approximate surface area is 147 Å². The number of halogens is 2. The normalized spacial score (nSPS) is 10.6. The van der Waals surface area contributed by atoms with Crippen molar-refractivity contribution in [2.24, 2.45) is 5.10 Å². The van der Waals surface area contributed by atoms with Crippen LogP contribution < -0.4 is 14.9 Å². The van der Waals surface area contributed by atoms with Gasteiger partial charge in [-0.05, 0) is 24.3 Å². The Kier molecular flexibility index (Phi) is 6.01. The molecule has 0 aliphatic carbocycles. The zero-order valence-electron chi connectivity index (χ0n) is 12.5. The smallest absolute Gasteiger partial charge is 0.271 e. The minimum atomic E-state index is -0.320. The monoisotopic (exact) mass is 396 g/mol. The van der Waals surface area contributed by atoms with Crippen LogP contribution in [0.2, 0.25) is 5.02 Å². The molecule has 0 aliphatic heterocycles. The molecule has 7 heteroatoms. The second kappa shape index (κ2) is 7.99. The molecule has 0 saturated carbocycles. The SMILES string of the molecule is COc1cc(Cl)c(/C=N/NC(=O)c2cccc(Br)c2)cc1OC. The van der Waals surface area contributed by atoms with Gasteiger partial charge in [-0.15, -0.1) is 0 Å². The van der Waals surface area contributed by atoms with E-state index in [1.807, 2.05) is 6.07 Å². The van der Waals surface area contributed by atoms with E-state index in [2.05, 4.69) is 26.5 Å². The van der Waals surface area contributed by atoms with E-state index in [0.29, 0.717) is 27.6 Å². The Balaban J connectivity index is 2.13. The molecule has 0 bridgehead atoms. The molecular weight excluding hydrogens is 384 g/mol. The maximum Gasteiger partial charge on any atom is 0.271 e. The largest absolute Gasteiger partial charge is 0.493 e. The number of methoxy groups -OCH3 is 2. The van der Waals surface area contributed by atoms with Gasteiger partial charge in [0.05, 0.1) is 25.5 Å². The van der Waals surface area contributed by atoms with Crippen LogP contribution >= 0.6 is 27.5 Å². The van der Waals surface area contributed by atoms with Gasteiger partial charge in [0.25, 0.3) is 5.91 Å². The highest BCUT2D eigenvalue weighted by molar-refractivity contribution is 9.10. The summed E-state index contributed by atoms with van der Waals surface area (Å²) in [5, 5.41) is 4.35. The third-order valence-corrected chi connectivity index (χ3v) is 3.78. The first kappa shape index (κ1) is 17.3. The lowest BCUT2D eigenvalue weighted by Gasteiger charge is -2.09. The number of benzene rings is 2. The Morgan fingerprint density at radius 3 is 2.57 bits per heavy atom. The predicted molar refractivity (Wildman–Crippen MR) is 93.8 cm³/mol. The molecule has 5 nitrogen and oxygen atoms in total. The summed E-state index contributed by atoms with van der Waals surface area (Å²) < 4.78 is 11.2. The molecule has 0 unspecified atom stereocenters. The Bertz CT molecular complexity index is 750. The first-order chi connectivity index (χ1) is 11.0. The van der Waals surface area contributed by atoms with Crippen molar-refractivity contribution >= 4 is 39.7 Å². The Morgan fingerprint density at radius 1 is 1.22 bits per heavy atom. The first-order valence-corrected chi connectivity index (χ1v) is 7.72. The average Bonchev–Trinajstić information content (AvgIpc) is 2.55. The van der Waals surface area contributed by atoms with Gasteiger partial charge in [0.1, 0.15) is 0 Å². The van der Waals surface area contributed by atoms with Gasteiger partial charge in [-0.3, -0.25) is 4.79 Å². The molecule has 0 radical (unpaired) electrons. The van der Waals surface area contributed by atoms with Crippen molar-refractivity contribution in [1.29, 1.82) is 0 Å². The van der Waals surface area contributed by atoms with E-state index in [0.717, 1.165) is 4.47 Å². The number of hydrazone groups is 1. The van der Waals surface area contributed by atoms with Crippen molar-refractivity contribution in [2.45, 2.75) is 0 Å². The summed E-state index contributed by atoms with van der Waals surface area (Å²) in [6.45, 7) is 0. The van der Waals surface area contributed by atoms with E-state index in [1.54, 1.807) is 30.3 Å². The highest BCUT2D eigenvalue weighted by atomic mass is 79.9. The number of hydrogen-bond acceptors (Lipinski definition) is 4. The topological polar surface area (TPSA) is 59.9 Å². The lowest BCUT2D eigenvalue weighted by molar-refractivity contribution is 0.0955. The van der Waals surface area contributed by atoms with E-state index in [1.165, 1.54) is 20.4 Å². The van der Waals surface area contributed by atoms with Crippen molar-refractivity contribution in [3.8, 4) is 11.5 Å². The molecule has 0 aromatic heterocycles. The van der Waals surface area contributed by atoms with Crippen LogP contribution in [0.5, 0.6) is 11.5 Å². The van der Waals surface area contributed by atoms with E-state index in [-0.39, 0.29) is 5.91 Å². The fraction of sp³-hybridized carbons (Fsp3) is 0.125. The summed E-state index contributed by atoms with van der Waals surface area (Å²) in [4.78, 5) is 12.0. The Morgan fingerprint density at radius 2 is 1.91 bits per heavy atom. The van der Waals surface area contributed by atoms with E-state index in [9.17, 15) is 4.79 Å². The highest BCUT2D eigenvalue weighted by Gasteiger charge is 2.09. The summed E-state index contributed by atoms with van der Waals surface area (Å²) in [6.07, 6.45) is 1.44. The minimum Gasteiger partial charge on any atom is -0.493 e. The number of nitrogens with one attached hydrogen (secondary N) is 1. The van der Waals surface area contributed by atoms with Gasteiger partial charge in [0, 0.05) is 21.7 Å². The molecular formula is C16H14BrClN2O3. The molecule has 0 spiro atoms. The number of carbonyl (C=O) groups is 1. The predicted octanol–water partition coefficient (Wildman–Crippen LogP) is 3.88. The Hall–Kier alpha value is -2.05.